The van der Waals surface area contributed by atoms with Gasteiger partial charge in [-0.15, -0.1) is 0 Å². The molecule has 1 heterocycles. The highest BCUT2D eigenvalue weighted by molar-refractivity contribution is 5.79. The van der Waals surface area contributed by atoms with Crippen molar-refractivity contribution in [1.82, 2.24) is 10.2 Å². The van der Waals surface area contributed by atoms with Crippen LogP contribution in [0.3, 0.4) is 0 Å². The van der Waals surface area contributed by atoms with Gasteiger partial charge in [0.2, 0.25) is 5.91 Å². The molecule has 1 aliphatic heterocycles. The summed E-state index contributed by atoms with van der Waals surface area (Å²) in [5.74, 6) is 0.236. The second-order valence-corrected chi connectivity index (χ2v) is 4.65. The molecule has 0 aliphatic carbocycles. The fourth-order valence-electron chi connectivity index (χ4n) is 2.01. The smallest absolute Gasteiger partial charge is 0.226 e. The van der Waals surface area contributed by atoms with Crippen molar-refractivity contribution in [1.29, 1.82) is 0 Å². The zero-order valence-corrected chi connectivity index (χ0v) is 9.86. The molecule has 1 amide bonds. The Bertz CT molecular complexity index is 211. The fourth-order valence-corrected chi connectivity index (χ4v) is 2.01. The normalized spacial score (nSPS) is 28.5. The van der Waals surface area contributed by atoms with Crippen molar-refractivity contribution in [2.24, 2.45) is 5.92 Å². The van der Waals surface area contributed by atoms with Crippen LogP contribution in [0.2, 0.25) is 0 Å². The first kappa shape index (κ1) is 12.5. The summed E-state index contributed by atoms with van der Waals surface area (Å²) < 4.78 is 0. The molecule has 88 valence electrons. The van der Waals surface area contributed by atoms with Crippen LogP contribution < -0.4 is 5.32 Å². The molecule has 15 heavy (non-hydrogen) atoms. The number of carbonyl (C=O) groups is 1. The van der Waals surface area contributed by atoms with Gasteiger partial charge in [-0.2, -0.15) is 0 Å². The van der Waals surface area contributed by atoms with E-state index >= 15 is 0 Å². The largest absolute Gasteiger partial charge is 0.392 e. The maximum absolute atomic E-state index is 11.9. The Hall–Kier alpha value is -0.610. The Morgan fingerprint density at radius 2 is 2.27 bits per heavy atom. The number of carbonyl (C=O) groups excluding carboxylic acids is 1. The molecule has 1 rings (SSSR count). The highest BCUT2D eigenvalue weighted by Crippen LogP contribution is 2.16. The van der Waals surface area contributed by atoms with Crippen LogP contribution >= 0.6 is 0 Å². The molecule has 4 nitrogen and oxygen atoms in total. The van der Waals surface area contributed by atoms with E-state index in [0.717, 1.165) is 19.4 Å². The topological polar surface area (TPSA) is 52.6 Å². The second kappa shape index (κ2) is 5.47. The van der Waals surface area contributed by atoms with Crippen LogP contribution in [0.1, 0.15) is 26.7 Å². The average Bonchev–Trinajstić information content (AvgIpc) is 2.17. The van der Waals surface area contributed by atoms with Crippen molar-refractivity contribution in [2.75, 3.05) is 20.1 Å². The predicted octanol–water partition coefficient (Wildman–Crippen LogP) is 0.214. The van der Waals surface area contributed by atoms with E-state index in [1.807, 2.05) is 0 Å². The van der Waals surface area contributed by atoms with Gasteiger partial charge < -0.3 is 15.3 Å². The van der Waals surface area contributed by atoms with Crippen LogP contribution in [0.5, 0.6) is 0 Å². The van der Waals surface area contributed by atoms with Gasteiger partial charge in [0.15, 0.2) is 0 Å². The number of aliphatic hydroxyl groups is 1. The average molecular weight is 214 g/mol. The summed E-state index contributed by atoms with van der Waals surface area (Å²) in [6.45, 7) is 5.03. The van der Waals surface area contributed by atoms with Crippen LogP contribution in [0.25, 0.3) is 0 Å². The van der Waals surface area contributed by atoms with E-state index in [4.69, 9.17) is 0 Å². The van der Waals surface area contributed by atoms with Crippen LogP contribution in [0.15, 0.2) is 0 Å². The molecule has 4 heteroatoms. The number of hydrogen-bond acceptors (Lipinski definition) is 3. The van der Waals surface area contributed by atoms with Gasteiger partial charge in [0.25, 0.3) is 0 Å². The van der Waals surface area contributed by atoms with Crippen molar-refractivity contribution in [3.8, 4) is 0 Å². The number of hydrogen-bond donors (Lipinski definition) is 2. The first-order chi connectivity index (χ1) is 7.00. The summed E-state index contributed by atoms with van der Waals surface area (Å²) in [6, 6.07) is 0.524. The van der Waals surface area contributed by atoms with Gasteiger partial charge in [0, 0.05) is 26.2 Å². The summed E-state index contributed by atoms with van der Waals surface area (Å²) in [7, 11) is 1.76. The van der Waals surface area contributed by atoms with Crippen molar-refractivity contribution in [3.63, 3.8) is 0 Å². The van der Waals surface area contributed by atoms with Crippen molar-refractivity contribution >= 4 is 5.91 Å². The highest BCUT2D eigenvalue weighted by Gasteiger charge is 2.26. The summed E-state index contributed by atoms with van der Waals surface area (Å²) in [4.78, 5) is 13.5. The molecule has 1 fully saturated rings. The zero-order valence-electron chi connectivity index (χ0n) is 9.86. The van der Waals surface area contributed by atoms with E-state index in [0.29, 0.717) is 12.6 Å². The molecular formula is C11H22N2O2. The van der Waals surface area contributed by atoms with E-state index in [1.54, 1.807) is 18.9 Å². The molecule has 0 bridgehead atoms. The Kier molecular flexibility index (Phi) is 4.54. The highest BCUT2D eigenvalue weighted by atomic mass is 16.3. The van der Waals surface area contributed by atoms with Crippen LogP contribution in [0, 0.1) is 5.92 Å². The molecule has 0 aromatic rings. The molecule has 3 atom stereocenters. The third-order valence-corrected chi connectivity index (χ3v) is 2.92. The number of piperidine rings is 1. The molecule has 0 radical (unpaired) electrons. The van der Waals surface area contributed by atoms with E-state index in [1.165, 1.54) is 0 Å². The van der Waals surface area contributed by atoms with Gasteiger partial charge in [-0.25, -0.2) is 0 Å². The quantitative estimate of drug-likeness (QED) is 0.706. The number of nitrogens with zero attached hydrogens (tertiary/aromatic N) is 1. The first-order valence-corrected chi connectivity index (χ1v) is 5.67. The standard InChI is InChI=1S/C11H22N2O2/c1-8-4-5-10(6-12-8)11(15)13(3)7-9(2)14/h8-10,12,14H,4-7H2,1-3H3. The van der Waals surface area contributed by atoms with Gasteiger partial charge in [0.05, 0.1) is 12.0 Å². The van der Waals surface area contributed by atoms with Crippen molar-refractivity contribution in [3.05, 3.63) is 0 Å². The Balaban J connectivity index is 2.39. The Labute approximate surface area is 91.6 Å². The maximum atomic E-state index is 11.9. The molecular weight excluding hydrogens is 192 g/mol. The second-order valence-electron chi connectivity index (χ2n) is 4.65. The van der Waals surface area contributed by atoms with Crippen LogP contribution in [0.4, 0.5) is 0 Å². The summed E-state index contributed by atoms with van der Waals surface area (Å²) in [5.41, 5.74) is 0. The minimum atomic E-state index is -0.450. The maximum Gasteiger partial charge on any atom is 0.226 e. The number of amides is 1. The molecule has 0 aromatic carbocycles. The lowest BCUT2D eigenvalue weighted by atomic mass is 9.94. The lowest BCUT2D eigenvalue weighted by Crippen LogP contribution is -2.45. The molecule has 1 aliphatic rings. The fraction of sp³-hybridized carbons (Fsp3) is 0.909. The van der Waals surface area contributed by atoms with Crippen molar-refractivity contribution < 1.29 is 9.90 Å². The Morgan fingerprint density at radius 3 is 2.73 bits per heavy atom. The molecule has 3 unspecified atom stereocenters. The lowest BCUT2D eigenvalue weighted by Gasteiger charge is -2.30. The number of nitrogens with one attached hydrogen (secondary N) is 1. The monoisotopic (exact) mass is 214 g/mol. The van der Waals surface area contributed by atoms with E-state index < -0.39 is 6.10 Å². The van der Waals surface area contributed by atoms with Gasteiger partial charge in [-0.3, -0.25) is 4.79 Å². The van der Waals surface area contributed by atoms with Crippen LogP contribution in [-0.2, 0) is 4.79 Å². The first-order valence-electron chi connectivity index (χ1n) is 5.67. The van der Waals surface area contributed by atoms with E-state index in [9.17, 15) is 9.90 Å². The number of rotatable bonds is 3. The van der Waals surface area contributed by atoms with Crippen molar-refractivity contribution in [2.45, 2.75) is 38.8 Å². The summed E-state index contributed by atoms with van der Waals surface area (Å²) in [5, 5.41) is 12.5. The SMILES string of the molecule is CC(O)CN(C)C(=O)C1CCC(C)NC1. The zero-order chi connectivity index (χ0) is 11.4. The lowest BCUT2D eigenvalue weighted by molar-refractivity contribution is -0.136. The van der Waals surface area contributed by atoms with Gasteiger partial charge in [0.1, 0.15) is 0 Å². The van der Waals surface area contributed by atoms with Crippen LogP contribution in [-0.4, -0.2) is 48.2 Å². The molecule has 2 N–H and O–H groups in total. The van der Waals surface area contributed by atoms with Gasteiger partial charge >= 0.3 is 0 Å². The Morgan fingerprint density at radius 1 is 1.60 bits per heavy atom. The summed E-state index contributed by atoms with van der Waals surface area (Å²) >= 11 is 0. The van der Waals surface area contributed by atoms with Gasteiger partial charge in [-0.05, 0) is 26.7 Å². The molecule has 0 spiro atoms. The van der Waals surface area contributed by atoms with E-state index in [-0.39, 0.29) is 11.8 Å². The molecule has 1 saturated heterocycles. The molecule has 0 aromatic heterocycles. The van der Waals surface area contributed by atoms with Gasteiger partial charge in [-0.1, -0.05) is 0 Å². The number of likely N-dealkylation sites (N-methyl/N-ethyl adjacent to an activating group) is 1. The predicted molar refractivity (Wildman–Crippen MR) is 59.5 cm³/mol. The summed E-state index contributed by atoms with van der Waals surface area (Å²) in [6.07, 6.45) is 1.56. The minimum absolute atomic E-state index is 0.0879. The minimum Gasteiger partial charge on any atom is -0.392 e. The number of aliphatic hydroxyl groups excluding tert-OH is 1. The van der Waals surface area contributed by atoms with E-state index in [2.05, 4.69) is 12.2 Å². The third-order valence-electron chi connectivity index (χ3n) is 2.92. The molecule has 0 saturated carbocycles. The third kappa shape index (κ3) is 3.80.